The van der Waals surface area contributed by atoms with E-state index in [1.807, 2.05) is 0 Å². The third-order valence-electron chi connectivity index (χ3n) is 1.53. The molecule has 1 heterocycles. The topological polar surface area (TPSA) is 52.6 Å². The van der Waals surface area contributed by atoms with Gasteiger partial charge in [-0.15, -0.1) is 0 Å². The number of hydrogen-bond acceptors (Lipinski definition) is 3. The summed E-state index contributed by atoms with van der Waals surface area (Å²) in [4.78, 5) is 12.2. The fourth-order valence-electron chi connectivity index (χ4n) is 0.750. The van der Waals surface area contributed by atoms with Gasteiger partial charge in [-0.25, -0.2) is 0 Å². The van der Waals surface area contributed by atoms with E-state index in [0.717, 1.165) is 5.70 Å². The first-order valence-electron chi connectivity index (χ1n) is 3.01. The van der Waals surface area contributed by atoms with Crippen LogP contribution in [-0.2, 0) is 4.79 Å². The summed E-state index contributed by atoms with van der Waals surface area (Å²) in [6.07, 6.45) is 0.560. The van der Waals surface area contributed by atoms with Crippen LogP contribution in [0.3, 0.4) is 0 Å². The molecule has 1 unspecified atom stereocenters. The zero-order valence-corrected chi connectivity index (χ0v) is 5.96. The van der Waals surface area contributed by atoms with Crippen LogP contribution in [0, 0.1) is 0 Å². The molecule has 0 aliphatic carbocycles. The van der Waals surface area contributed by atoms with Crippen molar-refractivity contribution in [3.63, 3.8) is 0 Å². The van der Waals surface area contributed by atoms with Crippen LogP contribution in [0.2, 0.25) is 0 Å². The molecular weight excluding hydrogens is 132 g/mol. The third-order valence-corrected chi connectivity index (χ3v) is 1.53. The van der Waals surface area contributed by atoms with E-state index in [1.165, 1.54) is 6.08 Å². The molecule has 0 aromatic carbocycles. The van der Waals surface area contributed by atoms with Crippen molar-refractivity contribution in [1.29, 1.82) is 0 Å². The van der Waals surface area contributed by atoms with Crippen LogP contribution in [0.5, 0.6) is 0 Å². The largest absolute Gasteiger partial charge is 0.356 e. The monoisotopic (exact) mass is 142 g/mol. The van der Waals surface area contributed by atoms with Crippen LogP contribution in [0.4, 0.5) is 0 Å². The van der Waals surface area contributed by atoms with Crippen molar-refractivity contribution in [3.8, 4) is 0 Å². The Bertz CT molecular complexity index is 188. The second kappa shape index (κ2) is 2.30. The first kappa shape index (κ1) is 7.08. The Balaban J connectivity index is 2.80. The molecule has 0 fully saturated rings. The highest BCUT2D eigenvalue weighted by Gasteiger charge is 2.18. The van der Waals surface area contributed by atoms with E-state index in [2.05, 4.69) is 5.32 Å². The lowest BCUT2D eigenvalue weighted by atomic mass is 10.3. The molecule has 0 saturated carbocycles. The lowest BCUT2D eigenvalue weighted by Gasteiger charge is -2.29. The van der Waals surface area contributed by atoms with Crippen molar-refractivity contribution in [2.75, 3.05) is 7.05 Å². The van der Waals surface area contributed by atoms with Crippen molar-refractivity contribution in [2.24, 2.45) is 0 Å². The van der Waals surface area contributed by atoms with Crippen LogP contribution in [0.1, 0.15) is 6.92 Å². The zero-order chi connectivity index (χ0) is 7.72. The molecule has 4 heteroatoms. The minimum Gasteiger partial charge on any atom is -0.356 e. The quantitative estimate of drug-likeness (QED) is 0.467. The average Bonchev–Trinajstić information content (AvgIpc) is 1.82. The van der Waals surface area contributed by atoms with Crippen molar-refractivity contribution in [3.05, 3.63) is 11.8 Å². The number of nitrogens with one attached hydrogen (secondary N) is 1. The standard InChI is InChI=1S/C6H10N2O2/c1-4-3-5(9)7-6(10)8(4)2/h3,6,10H,1-2H3,(H,7,9). The smallest absolute Gasteiger partial charge is 0.249 e. The Kier molecular flexibility index (Phi) is 1.63. The molecule has 10 heavy (non-hydrogen) atoms. The molecule has 0 radical (unpaired) electrons. The highest BCUT2D eigenvalue weighted by atomic mass is 16.3. The SMILES string of the molecule is CC1=CC(=O)NC(O)N1C. The molecule has 1 aliphatic heterocycles. The van der Waals surface area contributed by atoms with Crippen molar-refractivity contribution in [1.82, 2.24) is 10.2 Å². The highest BCUT2D eigenvalue weighted by molar-refractivity contribution is 5.88. The molecule has 0 aromatic heterocycles. The number of carbonyl (C=O) groups is 1. The van der Waals surface area contributed by atoms with E-state index >= 15 is 0 Å². The second-order valence-electron chi connectivity index (χ2n) is 2.28. The number of carbonyl (C=O) groups excluding carboxylic acids is 1. The number of aliphatic hydroxyl groups excluding tert-OH is 1. The lowest BCUT2D eigenvalue weighted by Crippen LogP contribution is -2.48. The number of hydrogen-bond donors (Lipinski definition) is 2. The van der Waals surface area contributed by atoms with E-state index in [9.17, 15) is 4.79 Å². The van der Waals surface area contributed by atoms with Gasteiger partial charge in [0.2, 0.25) is 12.3 Å². The Hall–Kier alpha value is -1.03. The molecular formula is C6H10N2O2. The Morgan fingerprint density at radius 1 is 1.80 bits per heavy atom. The Morgan fingerprint density at radius 2 is 2.40 bits per heavy atom. The Morgan fingerprint density at radius 3 is 2.90 bits per heavy atom. The number of rotatable bonds is 0. The summed E-state index contributed by atoms with van der Waals surface area (Å²) in [6, 6.07) is 0. The summed E-state index contributed by atoms with van der Waals surface area (Å²) >= 11 is 0. The molecule has 1 atom stereocenters. The molecule has 0 bridgehead atoms. The minimum absolute atomic E-state index is 0.247. The van der Waals surface area contributed by atoms with Gasteiger partial charge in [-0.3, -0.25) is 4.79 Å². The van der Waals surface area contributed by atoms with Crippen LogP contribution < -0.4 is 5.32 Å². The van der Waals surface area contributed by atoms with Gasteiger partial charge in [-0.2, -0.15) is 0 Å². The maximum atomic E-state index is 10.7. The predicted molar refractivity (Wildman–Crippen MR) is 35.7 cm³/mol. The van der Waals surface area contributed by atoms with Gasteiger partial charge in [0.05, 0.1) is 0 Å². The zero-order valence-electron chi connectivity index (χ0n) is 5.96. The number of amides is 1. The van der Waals surface area contributed by atoms with E-state index in [4.69, 9.17) is 5.11 Å². The molecule has 1 aliphatic rings. The van der Waals surface area contributed by atoms with Crippen molar-refractivity contribution < 1.29 is 9.90 Å². The molecule has 0 saturated heterocycles. The van der Waals surface area contributed by atoms with E-state index in [0.29, 0.717) is 0 Å². The average molecular weight is 142 g/mol. The van der Waals surface area contributed by atoms with Crippen molar-refractivity contribution in [2.45, 2.75) is 13.3 Å². The van der Waals surface area contributed by atoms with Gasteiger partial charge in [0.1, 0.15) is 0 Å². The maximum absolute atomic E-state index is 10.7. The Labute approximate surface area is 59.1 Å². The first-order valence-corrected chi connectivity index (χ1v) is 3.01. The van der Waals surface area contributed by atoms with E-state index in [1.54, 1.807) is 18.9 Å². The maximum Gasteiger partial charge on any atom is 0.249 e. The van der Waals surface area contributed by atoms with Crippen LogP contribution >= 0.6 is 0 Å². The summed E-state index contributed by atoms with van der Waals surface area (Å²) in [7, 11) is 1.70. The highest BCUT2D eigenvalue weighted by Crippen LogP contribution is 2.06. The van der Waals surface area contributed by atoms with Crippen LogP contribution in [-0.4, -0.2) is 29.3 Å². The predicted octanol–water partition coefficient (Wildman–Crippen LogP) is -0.772. The summed E-state index contributed by atoms with van der Waals surface area (Å²) in [5.74, 6) is -0.247. The molecule has 4 nitrogen and oxygen atoms in total. The molecule has 0 aromatic rings. The van der Waals surface area contributed by atoms with Crippen LogP contribution in [0.15, 0.2) is 11.8 Å². The van der Waals surface area contributed by atoms with Gasteiger partial charge in [0, 0.05) is 18.8 Å². The number of allylic oxidation sites excluding steroid dienone is 1. The van der Waals surface area contributed by atoms with Gasteiger partial charge in [0.25, 0.3) is 0 Å². The fourth-order valence-corrected chi connectivity index (χ4v) is 0.750. The molecule has 56 valence electrons. The summed E-state index contributed by atoms with van der Waals surface area (Å²) in [5, 5.41) is 11.4. The summed E-state index contributed by atoms with van der Waals surface area (Å²) in [6.45, 7) is 1.77. The van der Waals surface area contributed by atoms with Gasteiger partial charge in [-0.1, -0.05) is 0 Å². The molecule has 2 N–H and O–H groups in total. The summed E-state index contributed by atoms with van der Waals surface area (Å²) < 4.78 is 0. The first-order chi connectivity index (χ1) is 4.61. The minimum atomic E-state index is -0.877. The lowest BCUT2D eigenvalue weighted by molar-refractivity contribution is -0.124. The van der Waals surface area contributed by atoms with Gasteiger partial charge < -0.3 is 15.3 Å². The number of aliphatic hydroxyl groups is 1. The fraction of sp³-hybridized carbons (Fsp3) is 0.500. The van der Waals surface area contributed by atoms with E-state index in [-0.39, 0.29) is 5.91 Å². The number of nitrogens with zero attached hydrogens (tertiary/aromatic N) is 1. The van der Waals surface area contributed by atoms with Crippen molar-refractivity contribution >= 4 is 5.91 Å². The van der Waals surface area contributed by atoms with Gasteiger partial charge in [-0.05, 0) is 6.92 Å². The normalized spacial score (nSPS) is 25.9. The summed E-state index contributed by atoms with van der Waals surface area (Å²) in [5.41, 5.74) is 0.760. The second-order valence-corrected chi connectivity index (χ2v) is 2.28. The van der Waals surface area contributed by atoms with Gasteiger partial charge in [0.15, 0.2) is 0 Å². The van der Waals surface area contributed by atoms with E-state index < -0.39 is 6.35 Å². The molecule has 0 spiro atoms. The molecule has 1 amide bonds. The van der Waals surface area contributed by atoms with Gasteiger partial charge >= 0.3 is 0 Å². The third kappa shape index (κ3) is 1.11. The molecule has 1 rings (SSSR count). The van der Waals surface area contributed by atoms with Crippen LogP contribution in [0.25, 0.3) is 0 Å².